The molecule has 94 valence electrons. The summed E-state index contributed by atoms with van der Waals surface area (Å²) in [5.74, 6) is 0. The van der Waals surface area contributed by atoms with Crippen LogP contribution in [0, 0.1) is 12.3 Å². The number of rotatable bonds is 3. The molecule has 1 heterocycles. The van der Waals surface area contributed by atoms with E-state index >= 15 is 0 Å². The summed E-state index contributed by atoms with van der Waals surface area (Å²) >= 11 is 0. The Balaban J connectivity index is 2.40. The highest BCUT2D eigenvalue weighted by molar-refractivity contribution is 5.21. The molecule has 2 rings (SSSR count). The number of aromatic nitrogens is 2. The van der Waals surface area contributed by atoms with Crippen LogP contribution in [0.3, 0.4) is 0 Å². The van der Waals surface area contributed by atoms with Crippen molar-refractivity contribution in [3.63, 3.8) is 0 Å². The van der Waals surface area contributed by atoms with Gasteiger partial charge in [-0.3, -0.25) is 14.3 Å². The van der Waals surface area contributed by atoms with Crippen molar-refractivity contribution in [1.82, 2.24) is 9.55 Å². The van der Waals surface area contributed by atoms with Crippen LogP contribution in [0.4, 0.5) is 0 Å². The van der Waals surface area contributed by atoms with Crippen molar-refractivity contribution in [2.24, 2.45) is 5.41 Å². The minimum absolute atomic E-state index is 0.261. The van der Waals surface area contributed by atoms with Crippen LogP contribution in [0.5, 0.6) is 0 Å². The summed E-state index contributed by atoms with van der Waals surface area (Å²) in [5, 5.41) is 0. The maximum absolute atomic E-state index is 11.8. The molecule has 4 heteroatoms. The molecule has 0 fully saturated rings. The molecule has 0 aliphatic heterocycles. The molecule has 0 spiro atoms. The number of aryl methyl sites for hydroxylation is 1. The van der Waals surface area contributed by atoms with Crippen LogP contribution < -0.4 is 11.2 Å². The second kappa shape index (κ2) is 4.64. The molecule has 4 nitrogen and oxygen atoms in total. The Morgan fingerprint density at radius 1 is 1.50 bits per heavy atom. The van der Waals surface area contributed by atoms with E-state index in [9.17, 15) is 9.59 Å². The Hall–Kier alpha value is -2.10. The van der Waals surface area contributed by atoms with E-state index in [1.807, 2.05) is 30.4 Å². The number of hydrogen-bond donors (Lipinski definition) is 1. The number of aromatic amines is 1. The molecule has 1 aromatic rings. The first-order valence-corrected chi connectivity index (χ1v) is 5.85. The van der Waals surface area contributed by atoms with Crippen molar-refractivity contribution < 1.29 is 0 Å². The lowest BCUT2D eigenvalue weighted by molar-refractivity contribution is 0.398. The Kier molecular flexibility index (Phi) is 3.19. The highest BCUT2D eigenvalue weighted by Gasteiger charge is 2.24. The first-order chi connectivity index (χ1) is 8.56. The molecule has 0 radical (unpaired) electrons. The van der Waals surface area contributed by atoms with Gasteiger partial charge in [-0.1, -0.05) is 30.4 Å². The minimum Gasteiger partial charge on any atom is -0.299 e. The van der Waals surface area contributed by atoms with Crippen molar-refractivity contribution in [3.05, 3.63) is 69.6 Å². The van der Waals surface area contributed by atoms with E-state index in [0.29, 0.717) is 12.1 Å². The molecule has 0 aromatic carbocycles. The predicted molar refractivity (Wildman–Crippen MR) is 71.6 cm³/mol. The van der Waals surface area contributed by atoms with E-state index in [1.165, 1.54) is 4.57 Å². The fourth-order valence-corrected chi connectivity index (χ4v) is 2.07. The highest BCUT2D eigenvalue weighted by atomic mass is 16.2. The zero-order valence-electron chi connectivity index (χ0n) is 10.3. The lowest BCUT2D eigenvalue weighted by atomic mass is 9.81. The molecule has 1 aromatic heterocycles. The van der Waals surface area contributed by atoms with Crippen LogP contribution in [0.25, 0.3) is 0 Å². The number of H-pyrrole nitrogens is 1. The number of nitrogens with one attached hydrogen (secondary N) is 1. The first-order valence-electron chi connectivity index (χ1n) is 5.85. The Labute approximate surface area is 105 Å². The summed E-state index contributed by atoms with van der Waals surface area (Å²) < 4.78 is 1.53. The number of allylic oxidation sites excluding steroid dienone is 5. The molecule has 1 N–H and O–H groups in total. The van der Waals surface area contributed by atoms with Gasteiger partial charge in [-0.25, -0.2) is 4.79 Å². The maximum Gasteiger partial charge on any atom is 0.328 e. The van der Waals surface area contributed by atoms with Gasteiger partial charge >= 0.3 is 5.69 Å². The van der Waals surface area contributed by atoms with Crippen molar-refractivity contribution in [1.29, 1.82) is 0 Å². The number of nitrogens with zero attached hydrogens (tertiary/aromatic N) is 1. The van der Waals surface area contributed by atoms with E-state index in [0.717, 1.165) is 6.42 Å². The van der Waals surface area contributed by atoms with Gasteiger partial charge in [0.2, 0.25) is 0 Å². The largest absolute Gasteiger partial charge is 0.328 e. The summed E-state index contributed by atoms with van der Waals surface area (Å²) in [4.78, 5) is 25.4. The van der Waals surface area contributed by atoms with Crippen LogP contribution >= 0.6 is 0 Å². The van der Waals surface area contributed by atoms with Crippen molar-refractivity contribution in [2.75, 3.05) is 0 Å². The average molecular weight is 244 g/mol. The molecule has 0 saturated heterocycles. The summed E-state index contributed by atoms with van der Waals surface area (Å²) in [7, 11) is 0. The quantitative estimate of drug-likeness (QED) is 0.820. The van der Waals surface area contributed by atoms with Crippen molar-refractivity contribution in [3.8, 4) is 0 Å². The lowest BCUT2D eigenvalue weighted by Gasteiger charge is -2.28. The SMILES string of the molecule is C=CC1(Cn2cc(C)c(=O)[nH]c2=O)C=CC=CC1. The number of hydrogen-bond acceptors (Lipinski definition) is 2. The fraction of sp³-hybridized carbons (Fsp3) is 0.286. The average Bonchev–Trinajstić information content (AvgIpc) is 2.37. The van der Waals surface area contributed by atoms with Gasteiger partial charge in [0.05, 0.1) is 0 Å². The van der Waals surface area contributed by atoms with Gasteiger partial charge in [0.1, 0.15) is 0 Å². The second-order valence-electron chi connectivity index (χ2n) is 4.63. The van der Waals surface area contributed by atoms with Crippen LogP contribution in [-0.2, 0) is 6.54 Å². The van der Waals surface area contributed by atoms with Gasteiger partial charge in [0, 0.05) is 23.7 Å². The van der Waals surface area contributed by atoms with Gasteiger partial charge in [-0.2, -0.15) is 0 Å². The molecular weight excluding hydrogens is 228 g/mol. The Morgan fingerprint density at radius 3 is 2.89 bits per heavy atom. The molecule has 18 heavy (non-hydrogen) atoms. The van der Waals surface area contributed by atoms with Gasteiger partial charge < -0.3 is 0 Å². The maximum atomic E-state index is 11.8. The minimum atomic E-state index is -0.380. The van der Waals surface area contributed by atoms with Crippen LogP contribution in [0.1, 0.15) is 12.0 Å². The standard InChI is InChI=1S/C14H16N2O2/c1-3-14(7-5-4-6-8-14)10-16-9-11(2)12(17)15-13(16)18/h3-7,9H,1,8,10H2,2H3,(H,15,17,18). The zero-order chi connectivity index (χ0) is 13.2. The molecule has 1 unspecified atom stereocenters. The molecule has 0 amide bonds. The molecule has 1 atom stereocenters. The van der Waals surface area contributed by atoms with Crippen molar-refractivity contribution in [2.45, 2.75) is 19.9 Å². The summed E-state index contributed by atoms with van der Waals surface area (Å²) in [6.45, 7) is 6.02. The normalized spacial score (nSPS) is 22.1. The zero-order valence-corrected chi connectivity index (χ0v) is 10.3. The summed E-state index contributed by atoms with van der Waals surface area (Å²) in [5.41, 5.74) is -0.439. The van der Waals surface area contributed by atoms with Crippen LogP contribution in [0.15, 0.2) is 52.7 Å². The highest BCUT2D eigenvalue weighted by Crippen LogP contribution is 2.30. The monoisotopic (exact) mass is 244 g/mol. The predicted octanol–water partition coefficient (Wildman–Crippen LogP) is 1.53. The second-order valence-corrected chi connectivity index (χ2v) is 4.63. The smallest absolute Gasteiger partial charge is 0.299 e. The molecule has 0 saturated carbocycles. The first kappa shape index (κ1) is 12.4. The lowest BCUT2D eigenvalue weighted by Crippen LogP contribution is -2.35. The fourth-order valence-electron chi connectivity index (χ4n) is 2.07. The van der Waals surface area contributed by atoms with E-state index in [-0.39, 0.29) is 16.7 Å². The molecular formula is C14H16N2O2. The molecule has 1 aliphatic rings. The van der Waals surface area contributed by atoms with Crippen molar-refractivity contribution >= 4 is 0 Å². The van der Waals surface area contributed by atoms with Gasteiger partial charge in [-0.05, 0) is 13.3 Å². The molecule has 0 bridgehead atoms. The van der Waals surface area contributed by atoms with E-state index < -0.39 is 0 Å². The third-order valence-corrected chi connectivity index (χ3v) is 3.23. The Bertz CT molecular complexity index is 634. The molecule has 1 aliphatic carbocycles. The van der Waals surface area contributed by atoms with Gasteiger partial charge in [0.25, 0.3) is 5.56 Å². The third kappa shape index (κ3) is 2.27. The Morgan fingerprint density at radius 2 is 2.28 bits per heavy atom. The van der Waals surface area contributed by atoms with Gasteiger partial charge in [-0.15, -0.1) is 6.58 Å². The summed E-state index contributed by atoms with van der Waals surface area (Å²) in [6.07, 6.45) is 12.3. The van der Waals surface area contributed by atoms with Crippen LogP contribution in [0.2, 0.25) is 0 Å². The topological polar surface area (TPSA) is 54.9 Å². The third-order valence-electron chi connectivity index (χ3n) is 3.23. The van der Waals surface area contributed by atoms with Crippen LogP contribution in [-0.4, -0.2) is 9.55 Å². The summed E-state index contributed by atoms with van der Waals surface area (Å²) in [6, 6.07) is 0. The van der Waals surface area contributed by atoms with E-state index in [1.54, 1.807) is 13.1 Å². The van der Waals surface area contributed by atoms with E-state index in [2.05, 4.69) is 11.6 Å². The van der Waals surface area contributed by atoms with E-state index in [4.69, 9.17) is 0 Å². The van der Waals surface area contributed by atoms with Gasteiger partial charge in [0.15, 0.2) is 0 Å².